The molecule has 3 rings (SSSR count). The van der Waals surface area contributed by atoms with E-state index in [1.807, 2.05) is 24.3 Å². The molecule has 1 aliphatic rings. The molecular weight excluding hydrogens is 278 g/mol. The maximum Gasteiger partial charge on any atom is 0.231 e. The summed E-state index contributed by atoms with van der Waals surface area (Å²) in [6.45, 7) is 4.88. The highest BCUT2D eigenvalue weighted by atomic mass is 16.7. The van der Waals surface area contributed by atoms with Crippen molar-refractivity contribution in [2.75, 3.05) is 6.79 Å². The molecule has 0 saturated carbocycles. The van der Waals surface area contributed by atoms with Crippen molar-refractivity contribution in [3.05, 3.63) is 58.7 Å². The molecule has 22 heavy (non-hydrogen) atoms. The second kappa shape index (κ2) is 6.10. The van der Waals surface area contributed by atoms with Crippen LogP contribution in [0, 0.1) is 13.8 Å². The van der Waals surface area contributed by atoms with Crippen molar-refractivity contribution >= 4 is 5.91 Å². The number of carbonyl (C=O) groups excluding carboxylic acids is 1. The Balaban J connectivity index is 1.57. The van der Waals surface area contributed by atoms with Gasteiger partial charge in [-0.05, 0) is 48.2 Å². The number of nitrogens with one attached hydrogen (secondary N) is 1. The van der Waals surface area contributed by atoms with Crippen LogP contribution in [0.4, 0.5) is 0 Å². The molecule has 0 spiro atoms. The van der Waals surface area contributed by atoms with Gasteiger partial charge in [0.25, 0.3) is 0 Å². The molecule has 0 aromatic heterocycles. The van der Waals surface area contributed by atoms with Crippen LogP contribution in [0.5, 0.6) is 11.5 Å². The normalized spacial score (nSPS) is 12.3. The lowest BCUT2D eigenvalue weighted by Gasteiger charge is -2.08. The Labute approximate surface area is 130 Å². The third kappa shape index (κ3) is 3.22. The SMILES string of the molecule is Cc1ccc(CC(=O)NCc2ccc3c(c2)OCO3)cc1C. The minimum atomic E-state index is 0.0147. The molecule has 0 unspecified atom stereocenters. The lowest BCUT2D eigenvalue weighted by Crippen LogP contribution is -2.24. The molecule has 4 heteroatoms. The van der Waals surface area contributed by atoms with E-state index in [1.165, 1.54) is 11.1 Å². The van der Waals surface area contributed by atoms with E-state index in [4.69, 9.17) is 9.47 Å². The van der Waals surface area contributed by atoms with Gasteiger partial charge in [0.05, 0.1) is 6.42 Å². The van der Waals surface area contributed by atoms with Gasteiger partial charge in [-0.25, -0.2) is 0 Å². The monoisotopic (exact) mass is 297 g/mol. The van der Waals surface area contributed by atoms with Gasteiger partial charge < -0.3 is 14.8 Å². The molecule has 1 amide bonds. The standard InChI is InChI=1S/C18H19NO3/c1-12-3-4-14(7-13(12)2)9-18(20)19-10-15-5-6-16-17(8-15)22-11-21-16/h3-8H,9-11H2,1-2H3,(H,19,20). The molecule has 0 bridgehead atoms. The molecular formula is C18H19NO3. The topological polar surface area (TPSA) is 47.6 Å². The average Bonchev–Trinajstić information content (AvgIpc) is 2.96. The van der Waals surface area contributed by atoms with Crippen LogP contribution in [0.1, 0.15) is 22.3 Å². The van der Waals surface area contributed by atoms with E-state index in [0.29, 0.717) is 13.0 Å². The van der Waals surface area contributed by atoms with Crippen molar-refractivity contribution in [3.8, 4) is 11.5 Å². The Morgan fingerprint density at radius 3 is 2.59 bits per heavy atom. The van der Waals surface area contributed by atoms with Crippen LogP contribution in [-0.2, 0) is 17.8 Å². The van der Waals surface area contributed by atoms with Gasteiger partial charge in [-0.2, -0.15) is 0 Å². The third-order valence-corrected chi connectivity index (χ3v) is 3.86. The van der Waals surface area contributed by atoms with Crippen LogP contribution < -0.4 is 14.8 Å². The van der Waals surface area contributed by atoms with Gasteiger partial charge in [0.15, 0.2) is 11.5 Å². The molecule has 0 saturated heterocycles. The number of ether oxygens (including phenoxy) is 2. The van der Waals surface area contributed by atoms with E-state index in [0.717, 1.165) is 22.6 Å². The van der Waals surface area contributed by atoms with Gasteiger partial charge in [0.1, 0.15) is 0 Å². The van der Waals surface area contributed by atoms with Crippen molar-refractivity contribution in [1.29, 1.82) is 0 Å². The summed E-state index contributed by atoms with van der Waals surface area (Å²) in [5.41, 5.74) is 4.48. The quantitative estimate of drug-likeness (QED) is 0.944. The Morgan fingerprint density at radius 1 is 1.00 bits per heavy atom. The van der Waals surface area contributed by atoms with E-state index in [-0.39, 0.29) is 12.7 Å². The molecule has 1 heterocycles. The summed E-state index contributed by atoms with van der Waals surface area (Å²) in [4.78, 5) is 12.0. The van der Waals surface area contributed by atoms with Gasteiger partial charge in [0, 0.05) is 6.54 Å². The lowest BCUT2D eigenvalue weighted by molar-refractivity contribution is -0.120. The van der Waals surface area contributed by atoms with Crippen LogP contribution in [0.2, 0.25) is 0 Å². The smallest absolute Gasteiger partial charge is 0.231 e. The number of aryl methyl sites for hydroxylation is 2. The first-order valence-corrected chi connectivity index (χ1v) is 7.33. The Hall–Kier alpha value is -2.49. The third-order valence-electron chi connectivity index (χ3n) is 3.86. The summed E-state index contributed by atoms with van der Waals surface area (Å²) in [6, 6.07) is 11.8. The fourth-order valence-electron chi connectivity index (χ4n) is 2.41. The van der Waals surface area contributed by atoms with Crippen molar-refractivity contribution in [3.63, 3.8) is 0 Å². The number of amides is 1. The van der Waals surface area contributed by atoms with Crippen LogP contribution in [-0.4, -0.2) is 12.7 Å². The summed E-state index contributed by atoms with van der Waals surface area (Å²) in [7, 11) is 0. The molecule has 0 fully saturated rings. The van der Waals surface area contributed by atoms with E-state index in [2.05, 4.69) is 31.3 Å². The van der Waals surface area contributed by atoms with Gasteiger partial charge in [-0.3, -0.25) is 4.79 Å². The zero-order chi connectivity index (χ0) is 15.5. The highest BCUT2D eigenvalue weighted by Crippen LogP contribution is 2.32. The maximum absolute atomic E-state index is 12.0. The van der Waals surface area contributed by atoms with Gasteiger partial charge in [-0.1, -0.05) is 24.3 Å². The van der Waals surface area contributed by atoms with Crippen LogP contribution in [0.15, 0.2) is 36.4 Å². The summed E-state index contributed by atoms with van der Waals surface area (Å²) < 4.78 is 10.6. The fourth-order valence-corrected chi connectivity index (χ4v) is 2.41. The van der Waals surface area contributed by atoms with Crippen molar-refractivity contribution in [2.24, 2.45) is 0 Å². The van der Waals surface area contributed by atoms with Crippen LogP contribution >= 0.6 is 0 Å². The van der Waals surface area contributed by atoms with E-state index in [1.54, 1.807) is 0 Å². The Kier molecular flexibility index (Phi) is 4.00. The van der Waals surface area contributed by atoms with E-state index in [9.17, 15) is 4.79 Å². The van der Waals surface area contributed by atoms with Crippen molar-refractivity contribution < 1.29 is 14.3 Å². The molecule has 2 aromatic carbocycles. The van der Waals surface area contributed by atoms with Crippen LogP contribution in [0.3, 0.4) is 0 Å². The van der Waals surface area contributed by atoms with E-state index >= 15 is 0 Å². The number of hydrogen-bond donors (Lipinski definition) is 1. The average molecular weight is 297 g/mol. The zero-order valence-electron chi connectivity index (χ0n) is 12.8. The Morgan fingerprint density at radius 2 is 1.77 bits per heavy atom. The summed E-state index contributed by atoms with van der Waals surface area (Å²) in [6.07, 6.45) is 0.395. The molecule has 1 N–H and O–H groups in total. The highest BCUT2D eigenvalue weighted by molar-refractivity contribution is 5.78. The maximum atomic E-state index is 12.0. The summed E-state index contributed by atoms with van der Waals surface area (Å²) in [5, 5.41) is 2.94. The zero-order valence-corrected chi connectivity index (χ0v) is 12.8. The molecule has 114 valence electrons. The first kappa shape index (κ1) is 14.4. The number of rotatable bonds is 4. The second-order valence-electron chi connectivity index (χ2n) is 5.56. The van der Waals surface area contributed by atoms with Crippen molar-refractivity contribution in [2.45, 2.75) is 26.8 Å². The minimum Gasteiger partial charge on any atom is -0.454 e. The van der Waals surface area contributed by atoms with Crippen molar-refractivity contribution in [1.82, 2.24) is 5.32 Å². The minimum absolute atomic E-state index is 0.0147. The molecule has 0 atom stereocenters. The fraction of sp³-hybridized carbons (Fsp3) is 0.278. The number of carbonyl (C=O) groups is 1. The number of fused-ring (bicyclic) bond motifs is 1. The molecule has 2 aromatic rings. The predicted octanol–water partition coefficient (Wildman–Crippen LogP) is 2.89. The first-order chi connectivity index (χ1) is 10.6. The molecule has 4 nitrogen and oxygen atoms in total. The summed E-state index contributed by atoms with van der Waals surface area (Å²) in [5.74, 6) is 1.51. The summed E-state index contributed by atoms with van der Waals surface area (Å²) >= 11 is 0. The number of benzene rings is 2. The number of hydrogen-bond acceptors (Lipinski definition) is 3. The van der Waals surface area contributed by atoms with Crippen LogP contribution in [0.25, 0.3) is 0 Å². The van der Waals surface area contributed by atoms with Gasteiger partial charge >= 0.3 is 0 Å². The van der Waals surface area contributed by atoms with E-state index < -0.39 is 0 Å². The highest BCUT2D eigenvalue weighted by Gasteiger charge is 2.13. The molecule has 1 aliphatic heterocycles. The molecule has 0 radical (unpaired) electrons. The second-order valence-corrected chi connectivity index (χ2v) is 5.56. The van der Waals surface area contributed by atoms with Gasteiger partial charge in [0.2, 0.25) is 12.7 Å². The molecule has 0 aliphatic carbocycles. The predicted molar refractivity (Wildman–Crippen MR) is 84.0 cm³/mol. The first-order valence-electron chi connectivity index (χ1n) is 7.33. The van der Waals surface area contributed by atoms with Gasteiger partial charge in [-0.15, -0.1) is 0 Å². The Bertz CT molecular complexity index is 709. The largest absolute Gasteiger partial charge is 0.454 e. The lowest BCUT2D eigenvalue weighted by atomic mass is 10.0.